The van der Waals surface area contributed by atoms with Crippen LogP contribution in [0.25, 0.3) is 0 Å². The van der Waals surface area contributed by atoms with Crippen molar-refractivity contribution in [3.63, 3.8) is 0 Å². The maximum absolute atomic E-state index is 11.9. The van der Waals surface area contributed by atoms with E-state index in [0.29, 0.717) is 19.6 Å². The Morgan fingerprint density at radius 1 is 1.25 bits per heavy atom. The van der Waals surface area contributed by atoms with Crippen molar-refractivity contribution in [3.8, 4) is 0 Å². The van der Waals surface area contributed by atoms with Gasteiger partial charge in [0, 0.05) is 13.7 Å². The SMILES string of the molecule is COCc1cccc(CNC(=O)C2CC2C(=O)OC)c1. The molecule has 0 heterocycles. The number of hydrogen-bond acceptors (Lipinski definition) is 4. The molecule has 0 aromatic heterocycles. The molecule has 2 atom stereocenters. The number of carbonyl (C=O) groups excluding carboxylic acids is 2. The number of methoxy groups -OCH3 is 2. The van der Waals surface area contributed by atoms with Crippen LogP contribution in [0, 0.1) is 11.8 Å². The van der Waals surface area contributed by atoms with Gasteiger partial charge < -0.3 is 14.8 Å². The summed E-state index contributed by atoms with van der Waals surface area (Å²) in [6.07, 6.45) is 0.586. The van der Waals surface area contributed by atoms with Crippen LogP contribution < -0.4 is 5.32 Å². The van der Waals surface area contributed by atoms with Crippen molar-refractivity contribution in [2.45, 2.75) is 19.6 Å². The molecule has 1 aliphatic carbocycles. The number of amides is 1. The minimum absolute atomic E-state index is 0.0856. The van der Waals surface area contributed by atoms with Gasteiger partial charge >= 0.3 is 5.97 Å². The van der Waals surface area contributed by atoms with Crippen molar-refractivity contribution in [1.82, 2.24) is 5.32 Å². The second-order valence-corrected chi connectivity index (χ2v) is 4.94. The molecule has 0 aliphatic heterocycles. The topological polar surface area (TPSA) is 64.6 Å². The summed E-state index contributed by atoms with van der Waals surface area (Å²) in [6, 6.07) is 7.85. The van der Waals surface area contributed by atoms with Gasteiger partial charge in [0.1, 0.15) is 0 Å². The summed E-state index contributed by atoms with van der Waals surface area (Å²) in [5, 5.41) is 2.85. The molecule has 20 heavy (non-hydrogen) atoms. The molecule has 108 valence electrons. The number of ether oxygens (including phenoxy) is 2. The molecule has 2 rings (SSSR count). The van der Waals surface area contributed by atoms with Gasteiger partial charge in [0.15, 0.2) is 0 Å². The molecule has 1 saturated carbocycles. The molecule has 1 aromatic carbocycles. The molecule has 5 nitrogen and oxygen atoms in total. The first kappa shape index (κ1) is 14.5. The van der Waals surface area contributed by atoms with Gasteiger partial charge in [-0.3, -0.25) is 9.59 Å². The summed E-state index contributed by atoms with van der Waals surface area (Å²) in [5.74, 6) is -0.880. The highest BCUT2D eigenvalue weighted by molar-refractivity contribution is 5.90. The third kappa shape index (κ3) is 3.57. The quantitative estimate of drug-likeness (QED) is 0.795. The zero-order chi connectivity index (χ0) is 14.5. The lowest BCUT2D eigenvalue weighted by atomic mass is 10.1. The highest BCUT2D eigenvalue weighted by Gasteiger charge is 2.48. The lowest BCUT2D eigenvalue weighted by Gasteiger charge is -2.07. The van der Waals surface area contributed by atoms with Gasteiger partial charge in [0.25, 0.3) is 0 Å². The van der Waals surface area contributed by atoms with Crippen LogP contribution in [0.3, 0.4) is 0 Å². The van der Waals surface area contributed by atoms with Crippen LogP contribution in [0.2, 0.25) is 0 Å². The zero-order valence-corrected chi connectivity index (χ0v) is 11.7. The van der Waals surface area contributed by atoms with Gasteiger partial charge in [-0.1, -0.05) is 24.3 Å². The van der Waals surface area contributed by atoms with Gasteiger partial charge in [-0.05, 0) is 17.5 Å². The summed E-state index contributed by atoms with van der Waals surface area (Å²) >= 11 is 0. The first-order valence-corrected chi connectivity index (χ1v) is 6.58. The highest BCUT2D eigenvalue weighted by atomic mass is 16.5. The van der Waals surface area contributed by atoms with Crippen molar-refractivity contribution in [3.05, 3.63) is 35.4 Å². The van der Waals surface area contributed by atoms with Crippen LogP contribution >= 0.6 is 0 Å². The molecule has 0 bridgehead atoms. The molecule has 0 radical (unpaired) electrons. The van der Waals surface area contributed by atoms with Crippen molar-refractivity contribution in [1.29, 1.82) is 0 Å². The summed E-state index contributed by atoms with van der Waals surface area (Å²) in [7, 11) is 2.99. The molecule has 1 N–H and O–H groups in total. The number of rotatable bonds is 6. The Morgan fingerprint density at radius 2 is 2.00 bits per heavy atom. The van der Waals surface area contributed by atoms with Crippen LogP contribution in [0.4, 0.5) is 0 Å². The fourth-order valence-electron chi connectivity index (χ4n) is 2.21. The fraction of sp³-hybridized carbons (Fsp3) is 0.467. The molecule has 1 aliphatic rings. The number of nitrogens with one attached hydrogen (secondary N) is 1. The summed E-state index contributed by atoms with van der Waals surface area (Å²) < 4.78 is 9.70. The van der Waals surface area contributed by atoms with Crippen LogP contribution in [-0.4, -0.2) is 26.1 Å². The minimum atomic E-state index is -0.299. The fourth-order valence-corrected chi connectivity index (χ4v) is 2.21. The normalized spacial score (nSPS) is 20.3. The Hall–Kier alpha value is -1.88. The zero-order valence-electron chi connectivity index (χ0n) is 11.7. The van der Waals surface area contributed by atoms with E-state index in [0.717, 1.165) is 11.1 Å². The monoisotopic (exact) mass is 277 g/mol. The molecule has 0 spiro atoms. The standard InChI is InChI=1S/C15H19NO4/c1-19-9-11-5-3-4-10(6-11)8-16-14(17)12-7-13(12)15(18)20-2/h3-6,12-13H,7-9H2,1-2H3,(H,16,17). The van der Waals surface area contributed by atoms with E-state index in [-0.39, 0.29) is 23.7 Å². The average Bonchev–Trinajstić information content (AvgIpc) is 3.25. The number of carbonyl (C=O) groups is 2. The van der Waals surface area contributed by atoms with E-state index in [2.05, 4.69) is 10.1 Å². The number of esters is 1. The summed E-state index contributed by atoms with van der Waals surface area (Å²) in [5.41, 5.74) is 2.08. The number of benzene rings is 1. The Bertz CT molecular complexity index is 500. The molecule has 1 aromatic rings. The van der Waals surface area contributed by atoms with Gasteiger partial charge in [0.2, 0.25) is 5.91 Å². The van der Waals surface area contributed by atoms with E-state index in [1.165, 1.54) is 7.11 Å². The molecule has 1 fully saturated rings. The lowest BCUT2D eigenvalue weighted by Crippen LogP contribution is -2.26. The van der Waals surface area contributed by atoms with E-state index < -0.39 is 0 Å². The van der Waals surface area contributed by atoms with Crippen molar-refractivity contribution >= 4 is 11.9 Å². The summed E-state index contributed by atoms with van der Waals surface area (Å²) in [6.45, 7) is 1.01. The minimum Gasteiger partial charge on any atom is -0.469 e. The second kappa shape index (κ2) is 6.52. The van der Waals surface area contributed by atoms with E-state index in [9.17, 15) is 9.59 Å². The Balaban J connectivity index is 1.82. The summed E-state index contributed by atoms with van der Waals surface area (Å²) in [4.78, 5) is 23.1. The molecular formula is C15H19NO4. The van der Waals surface area contributed by atoms with Gasteiger partial charge in [-0.2, -0.15) is 0 Å². The smallest absolute Gasteiger partial charge is 0.309 e. The highest BCUT2D eigenvalue weighted by Crippen LogP contribution is 2.39. The van der Waals surface area contributed by atoms with Crippen molar-refractivity contribution < 1.29 is 19.1 Å². The maximum atomic E-state index is 11.9. The number of hydrogen-bond donors (Lipinski definition) is 1. The van der Waals surface area contributed by atoms with Gasteiger partial charge in [-0.15, -0.1) is 0 Å². The predicted octanol–water partition coefficient (Wildman–Crippen LogP) is 1.26. The van der Waals surface area contributed by atoms with Gasteiger partial charge in [0.05, 0.1) is 25.6 Å². The molecule has 0 saturated heterocycles. The van der Waals surface area contributed by atoms with E-state index in [4.69, 9.17) is 4.74 Å². The van der Waals surface area contributed by atoms with Gasteiger partial charge in [-0.25, -0.2) is 0 Å². The Kier molecular flexibility index (Phi) is 4.74. The molecular weight excluding hydrogens is 258 g/mol. The predicted molar refractivity (Wildman–Crippen MR) is 72.6 cm³/mol. The molecule has 1 amide bonds. The Morgan fingerprint density at radius 3 is 2.70 bits per heavy atom. The van der Waals surface area contributed by atoms with E-state index in [1.807, 2.05) is 24.3 Å². The third-order valence-electron chi connectivity index (χ3n) is 3.40. The lowest BCUT2D eigenvalue weighted by molar-refractivity contribution is -0.143. The maximum Gasteiger partial charge on any atom is 0.309 e. The largest absolute Gasteiger partial charge is 0.469 e. The first-order valence-electron chi connectivity index (χ1n) is 6.58. The molecule has 2 unspecified atom stereocenters. The van der Waals surface area contributed by atoms with Crippen LogP contribution in [0.15, 0.2) is 24.3 Å². The van der Waals surface area contributed by atoms with Crippen molar-refractivity contribution in [2.24, 2.45) is 11.8 Å². The molecule has 5 heteroatoms. The van der Waals surface area contributed by atoms with Crippen molar-refractivity contribution in [2.75, 3.05) is 14.2 Å². The van der Waals surface area contributed by atoms with Crippen LogP contribution in [0.5, 0.6) is 0 Å². The van der Waals surface area contributed by atoms with Crippen LogP contribution in [-0.2, 0) is 32.2 Å². The third-order valence-corrected chi connectivity index (χ3v) is 3.40. The first-order chi connectivity index (χ1) is 9.65. The Labute approximate surface area is 118 Å². The van der Waals surface area contributed by atoms with E-state index >= 15 is 0 Å². The van der Waals surface area contributed by atoms with E-state index in [1.54, 1.807) is 7.11 Å². The average molecular weight is 277 g/mol. The second-order valence-electron chi connectivity index (χ2n) is 4.94. The van der Waals surface area contributed by atoms with Crippen LogP contribution in [0.1, 0.15) is 17.5 Å².